The van der Waals surface area contributed by atoms with Crippen LogP contribution in [0.3, 0.4) is 0 Å². The first-order chi connectivity index (χ1) is 10.3. The maximum Gasteiger partial charge on any atom is 0.307 e. The van der Waals surface area contributed by atoms with Gasteiger partial charge in [-0.25, -0.2) is 0 Å². The van der Waals surface area contributed by atoms with Crippen LogP contribution >= 0.6 is 0 Å². The predicted molar refractivity (Wildman–Crippen MR) is 81.5 cm³/mol. The van der Waals surface area contributed by atoms with Crippen molar-refractivity contribution < 1.29 is 8.78 Å². The lowest BCUT2D eigenvalue weighted by atomic mass is 10.0. The molecule has 2 aromatic rings. The second kappa shape index (κ2) is 6.17. The standard InChI is InChI=1S/C16H18F2N4/c1-5-13(9-14-11(2)7-6-8-12(14)3)10-22-20-15(19-21-22)16(4,17)18/h5-9H,1,10H2,2-4H3/b13-9+. The van der Waals surface area contributed by atoms with Crippen LogP contribution in [0.5, 0.6) is 0 Å². The van der Waals surface area contributed by atoms with Crippen LogP contribution in [-0.4, -0.2) is 20.2 Å². The van der Waals surface area contributed by atoms with Crippen LogP contribution in [0.1, 0.15) is 29.4 Å². The molecule has 0 amide bonds. The molecule has 0 N–H and O–H groups in total. The summed E-state index contributed by atoms with van der Waals surface area (Å²) in [4.78, 5) is 1.15. The predicted octanol–water partition coefficient (Wildman–Crippen LogP) is 3.67. The van der Waals surface area contributed by atoms with Gasteiger partial charge in [0.1, 0.15) is 0 Å². The van der Waals surface area contributed by atoms with Crippen molar-refractivity contribution in [3.8, 4) is 0 Å². The van der Waals surface area contributed by atoms with Crippen LogP contribution in [-0.2, 0) is 12.5 Å². The fourth-order valence-corrected chi connectivity index (χ4v) is 2.06. The van der Waals surface area contributed by atoms with Gasteiger partial charge in [0.2, 0.25) is 5.82 Å². The van der Waals surface area contributed by atoms with Crippen LogP contribution in [0, 0.1) is 13.8 Å². The molecule has 0 saturated heterocycles. The van der Waals surface area contributed by atoms with Crippen LogP contribution in [0.2, 0.25) is 0 Å². The Kier molecular flexibility index (Phi) is 4.49. The largest absolute Gasteiger partial charge is 0.307 e. The highest BCUT2D eigenvalue weighted by Crippen LogP contribution is 2.22. The van der Waals surface area contributed by atoms with E-state index in [1.807, 2.05) is 38.1 Å². The summed E-state index contributed by atoms with van der Waals surface area (Å²) in [6, 6.07) is 6.02. The topological polar surface area (TPSA) is 43.6 Å². The van der Waals surface area contributed by atoms with Gasteiger partial charge in [0.15, 0.2) is 0 Å². The third-order valence-electron chi connectivity index (χ3n) is 3.30. The Bertz CT molecular complexity index is 691. The van der Waals surface area contributed by atoms with E-state index in [9.17, 15) is 8.78 Å². The fraction of sp³-hybridized carbons (Fsp3) is 0.312. The smallest absolute Gasteiger partial charge is 0.198 e. The van der Waals surface area contributed by atoms with E-state index >= 15 is 0 Å². The fourth-order valence-electron chi connectivity index (χ4n) is 2.06. The quantitative estimate of drug-likeness (QED) is 0.792. The van der Waals surface area contributed by atoms with Gasteiger partial charge in [-0.15, -0.1) is 10.2 Å². The molecule has 6 heteroatoms. The molecule has 0 bridgehead atoms. The Morgan fingerprint density at radius 3 is 2.45 bits per heavy atom. The number of tetrazole rings is 1. The van der Waals surface area contributed by atoms with E-state index in [2.05, 4.69) is 22.0 Å². The van der Waals surface area contributed by atoms with Crippen molar-refractivity contribution in [2.24, 2.45) is 0 Å². The summed E-state index contributed by atoms with van der Waals surface area (Å²) in [5, 5.41) is 10.8. The highest BCUT2D eigenvalue weighted by molar-refractivity contribution is 5.61. The number of nitrogens with zero attached hydrogens (tertiary/aromatic N) is 4. The van der Waals surface area contributed by atoms with Gasteiger partial charge in [0.25, 0.3) is 0 Å². The van der Waals surface area contributed by atoms with Crippen molar-refractivity contribution in [1.82, 2.24) is 20.2 Å². The molecule has 0 aliphatic heterocycles. The highest BCUT2D eigenvalue weighted by atomic mass is 19.3. The van der Waals surface area contributed by atoms with Crippen molar-refractivity contribution in [3.63, 3.8) is 0 Å². The summed E-state index contributed by atoms with van der Waals surface area (Å²) in [6.07, 6.45) is 3.63. The number of benzene rings is 1. The number of allylic oxidation sites excluding steroid dienone is 2. The summed E-state index contributed by atoms with van der Waals surface area (Å²) in [6.45, 7) is 8.78. The first-order valence-electron chi connectivity index (χ1n) is 6.86. The number of alkyl halides is 2. The average molecular weight is 304 g/mol. The SMILES string of the molecule is C=C/C(=C\c1c(C)cccc1C)Cn1nnc(C(C)(F)F)n1. The summed E-state index contributed by atoms with van der Waals surface area (Å²) in [7, 11) is 0. The zero-order chi connectivity index (χ0) is 16.3. The van der Waals surface area contributed by atoms with E-state index < -0.39 is 11.7 Å². The molecule has 4 nitrogen and oxygen atoms in total. The van der Waals surface area contributed by atoms with E-state index in [-0.39, 0.29) is 6.54 Å². The molecule has 22 heavy (non-hydrogen) atoms. The van der Waals surface area contributed by atoms with Crippen molar-refractivity contribution in [3.05, 3.63) is 58.9 Å². The van der Waals surface area contributed by atoms with Crippen LogP contribution in [0.15, 0.2) is 36.4 Å². The molecule has 0 aliphatic rings. The van der Waals surface area contributed by atoms with Gasteiger partial charge >= 0.3 is 5.92 Å². The molecule has 0 unspecified atom stereocenters. The van der Waals surface area contributed by atoms with Crippen LogP contribution in [0.4, 0.5) is 8.78 Å². The summed E-state index contributed by atoms with van der Waals surface area (Å²) >= 11 is 0. The molecule has 1 heterocycles. The lowest BCUT2D eigenvalue weighted by molar-refractivity contribution is 0.00739. The van der Waals surface area contributed by atoms with Gasteiger partial charge in [-0.05, 0) is 47.4 Å². The molecule has 0 atom stereocenters. The van der Waals surface area contributed by atoms with Gasteiger partial charge in [-0.2, -0.15) is 13.6 Å². The van der Waals surface area contributed by atoms with Crippen molar-refractivity contribution in [2.45, 2.75) is 33.2 Å². The van der Waals surface area contributed by atoms with E-state index in [1.165, 1.54) is 0 Å². The molecule has 0 aliphatic carbocycles. The second-order valence-corrected chi connectivity index (χ2v) is 5.26. The maximum absolute atomic E-state index is 13.1. The first kappa shape index (κ1) is 16.0. The highest BCUT2D eigenvalue weighted by Gasteiger charge is 2.30. The Morgan fingerprint density at radius 2 is 1.95 bits per heavy atom. The van der Waals surface area contributed by atoms with Gasteiger partial charge in [-0.1, -0.05) is 30.9 Å². The number of rotatable bonds is 5. The molecule has 1 aromatic carbocycles. The minimum absolute atomic E-state index is 0.236. The molecule has 0 spiro atoms. The van der Waals surface area contributed by atoms with Gasteiger partial charge in [0, 0.05) is 6.92 Å². The van der Waals surface area contributed by atoms with Gasteiger partial charge < -0.3 is 0 Å². The molecule has 0 saturated carbocycles. The van der Waals surface area contributed by atoms with Crippen LogP contribution < -0.4 is 0 Å². The second-order valence-electron chi connectivity index (χ2n) is 5.26. The third-order valence-corrected chi connectivity index (χ3v) is 3.30. The van der Waals surface area contributed by atoms with E-state index in [0.717, 1.165) is 34.0 Å². The summed E-state index contributed by atoms with van der Waals surface area (Å²) < 4.78 is 26.3. The number of hydrogen-bond acceptors (Lipinski definition) is 3. The number of aryl methyl sites for hydroxylation is 2. The van der Waals surface area contributed by atoms with Gasteiger partial charge in [-0.3, -0.25) is 0 Å². The average Bonchev–Trinajstić information content (AvgIpc) is 2.90. The Hall–Kier alpha value is -2.37. The molecular formula is C16H18F2N4. The Morgan fingerprint density at radius 1 is 1.32 bits per heavy atom. The van der Waals surface area contributed by atoms with Crippen molar-refractivity contribution in [2.75, 3.05) is 0 Å². The summed E-state index contributed by atoms with van der Waals surface area (Å²) in [5.74, 6) is -3.67. The lowest BCUT2D eigenvalue weighted by Crippen LogP contribution is -2.11. The van der Waals surface area contributed by atoms with E-state index in [0.29, 0.717) is 0 Å². The maximum atomic E-state index is 13.1. The first-order valence-corrected chi connectivity index (χ1v) is 6.86. The normalized spacial score (nSPS) is 12.5. The number of aromatic nitrogens is 4. The molecule has 2 rings (SSSR count). The number of halogens is 2. The molecule has 1 aromatic heterocycles. The molecule has 116 valence electrons. The number of hydrogen-bond donors (Lipinski definition) is 0. The molecule has 0 fully saturated rings. The summed E-state index contributed by atoms with van der Waals surface area (Å²) in [5.41, 5.74) is 4.16. The minimum Gasteiger partial charge on any atom is -0.198 e. The minimum atomic E-state index is -3.09. The zero-order valence-corrected chi connectivity index (χ0v) is 12.8. The molecule has 0 radical (unpaired) electrons. The lowest BCUT2D eigenvalue weighted by Gasteiger charge is -2.07. The van der Waals surface area contributed by atoms with Gasteiger partial charge in [0.05, 0.1) is 6.54 Å². The van der Waals surface area contributed by atoms with E-state index in [1.54, 1.807) is 6.08 Å². The molecular weight excluding hydrogens is 286 g/mol. The monoisotopic (exact) mass is 304 g/mol. The van der Waals surface area contributed by atoms with Crippen LogP contribution in [0.25, 0.3) is 6.08 Å². The zero-order valence-electron chi connectivity index (χ0n) is 12.8. The Labute approximate surface area is 128 Å². The van der Waals surface area contributed by atoms with Crippen molar-refractivity contribution in [1.29, 1.82) is 0 Å². The third kappa shape index (κ3) is 3.63. The Balaban J connectivity index is 2.28. The van der Waals surface area contributed by atoms with E-state index in [4.69, 9.17) is 0 Å². The van der Waals surface area contributed by atoms with Crippen molar-refractivity contribution >= 4 is 6.08 Å².